The summed E-state index contributed by atoms with van der Waals surface area (Å²) >= 11 is 0. The van der Waals surface area contributed by atoms with Crippen LogP contribution in [0.25, 0.3) is 0 Å². The van der Waals surface area contributed by atoms with Crippen LogP contribution in [0.4, 0.5) is 4.79 Å². The highest BCUT2D eigenvalue weighted by Gasteiger charge is 2.31. The molecule has 1 fully saturated rings. The number of rotatable bonds is 16. The first-order valence-electron chi connectivity index (χ1n) is 17.7. The molecule has 0 aromatic rings. The van der Waals surface area contributed by atoms with Crippen LogP contribution in [0.15, 0.2) is 12.2 Å². The fourth-order valence-electron chi connectivity index (χ4n) is 3.84. The zero-order chi connectivity index (χ0) is 37.7. The number of carboxylic acid groups (broad SMARTS) is 1. The second-order valence-electron chi connectivity index (χ2n) is 11.3. The molecule has 0 bridgehead atoms. The second-order valence-corrected chi connectivity index (χ2v) is 12.9. The van der Waals surface area contributed by atoms with E-state index in [0.29, 0.717) is 25.3 Å². The van der Waals surface area contributed by atoms with Gasteiger partial charge in [0.15, 0.2) is 0 Å². The van der Waals surface area contributed by atoms with Crippen molar-refractivity contribution in [2.45, 2.75) is 139 Å². The second kappa shape index (κ2) is 40.2. The zero-order valence-corrected chi connectivity index (χ0v) is 33.3. The van der Waals surface area contributed by atoms with E-state index in [2.05, 4.69) is 57.1 Å². The van der Waals surface area contributed by atoms with Gasteiger partial charge in [0, 0.05) is 52.0 Å². The van der Waals surface area contributed by atoms with E-state index in [0.717, 1.165) is 52.2 Å². The monoisotopic (exact) mass is 696 g/mol. The Bertz CT molecular complexity index is 763. The van der Waals surface area contributed by atoms with Gasteiger partial charge in [0.25, 0.3) is 0 Å². The lowest BCUT2D eigenvalue weighted by Gasteiger charge is -2.36. The molecule has 11 nitrogen and oxygen atoms in total. The van der Waals surface area contributed by atoms with Gasteiger partial charge < -0.3 is 31.5 Å². The number of allylic oxidation sites excluding steroid dienone is 2. The quantitative estimate of drug-likeness (QED) is 0.0930. The molecule has 1 saturated heterocycles. The molecule has 1 rings (SSSR count). The molecule has 0 aromatic carbocycles. The lowest BCUT2D eigenvalue weighted by Crippen LogP contribution is -2.55. The molecule has 0 aromatic heterocycles. The molecule has 284 valence electrons. The van der Waals surface area contributed by atoms with Gasteiger partial charge in [-0.2, -0.15) is 0 Å². The average molecular weight is 696 g/mol. The lowest BCUT2D eigenvalue weighted by molar-refractivity contribution is -0.137. The van der Waals surface area contributed by atoms with E-state index < -0.39 is 17.0 Å². The van der Waals surface area contributed by atoms with Crippen LogP contribution in [0.5, 0.6) is 0 Å². The summed E-state index contributed by atoms with van der Waals surface area (Å²) in [6, 6.07) is -0.509. The Morgan fingerprint density at radius 1 is 0.936 bits per heavy atom. The number of nitrogens with zero attached hydrogens (tertiary/aromatic N) is 2. The Kier molecular flexibility index (Phi) is 46.5. The van der Waals surface area contributed by atoms with Gasteiger partial charge in [0.05, 0.1) is 17.5 Å². The molecule has 6 N–H and O–H groups in total. The van der Waals surface area contributed by atoms with E-state index in [1.54, 1.807) is 11.9 Å². The number of hydrogen-bond donors (Lipinski definition) is 5. The predicted molar refractivity (Wildman–Crippen MR) is 202 cm³/mol. The van der Waals surface area contributed by atoms with Crippen molar-refractivity contribution in [2.24, 2.45) is 11.1 Å². The Hall–Kier alpha value is -2.02. The number of likely N-dealkylation sites (N-methyl/N-ethyl adjacent to an activating group) is 1. The Morgan fingerprint density at radius 3 is 1.96 bits per heavy atom. The summed E-state index contributed by atoms with van der Waals surface area (Å²) in [5.41, 5.74) is 4.32. The van der Waals surface area contributed by atoms with E-state index in [9.17, 15) is 18.6 Å². The summed E-state index contributed by atoms with van der Waals surface area (Å²) in [5, 5.41) is 21.0. The van der Waals surface area contributed by atoms with Crippen molar-refractivity contribution in [1.29, 1.82) is 0 Å². The summed E-state index contributed by atoms with van der Waals surface area (Å²) in [6.45, 7) is 20.5. The minimum absolute atomic E-state index is 0.0129. The van der Waals surface area contributed by atoms with Crippen LogP contribution in [-0.4, -0.2) is 101 Å². The average Bonchev–Trinajstić information content (AvgIpc) is 3.07. The van der Waals surface area contributed by atoms with Crippen molar-refractivity contribution in [3.05, 3.63) is 12.2 Å². The number of urea groups is 1. The smallest absolute Gasteiger partial charge is 0.315 e. The number of carbonyl (C=O) groups is 3. The van der Waals surface area contributed by atoms with Crippen molar-refractivity contribution in [1.82, 2.24) is 19.8 Å². The van der Waals surface area contributed by atoms with E-state index in [-0.39, 0.29) is 36.4 Å². The van der Waals surface area contributed by atoms with Gasteiger partial charge in [-0.05, 0) is 51.0 Å². The highest BCUT2D eigenvalue weighted by atomic mass is 32.2. The first kappa shape index (κ1) is 54.4. The van der Waals surface area contributed by atoms with Crippen molar-refractivity contribution in [3.8, 4) is 0 Å². The minimum atomic E-state index is -0.969. The molecule has 3 amide bonds. The number of aliphatic hydroxyl groups excluding tert-OH is 1. The first-order chi connectivity index (χ1) is 22.4. The fourth-order valence-corrected chi connectivity index (χ4v) is 5.19. The topological polar surface area (TPSA) is 165 Å². The van der Waals surface area contributed by atoms with Gasteiger partial charge >= 0.3 is 12.0 Å². The largest absolute Gasteiger partial charge is 0.481 e. The first-order valence-corrected chi connectivity index (χ1v) is 19.0. The third-order valence-corrected chi connectivity index (χ3v) is 8.14. The molecular weight excluding hydrogens is 618 g/mol. The molecule has 1 aliphatic heterocycles. The molecule has 47 heavy (non-hydrogen) atoms. The lowest BCUT2D eigenvalue weighted by atomic mass is 9.86. The molecule has 2 atom stereocenters. The van der Waals surface area contributed by atoms with Gasteiger partial charge in [0.1, 0.15) is 0 Å². The number of aliphatic carboxylic acids is 1. The van der Waals surface area contributed by atoms with Crippen LogP contribution in [-0.2, 0) is 20.6 Å². The molecule has 0 radical (unpaired) electrons. The fraction of sp³-hybridized carbons (Fsp3) is 0.857. The van der Waals surface area contributed by atoms with Gasteiger partial charge in [-0.1, -0.05) is 100 Å². The maximum absolute atomic E-state index is 12.3. The molecular formula is C35H77N5O6S. The Labute approximate surface area is 292 Å². The molecule has 1 heterocycles. The molecule has 0 saturated carbocycles. The summed E-state index contributed by atoms with van der Waals surface area (Å²) in [4.78, 5) is 36.2. The SMILES string of the molecule is CC.CC.CCCCC/C=C\CCC(=O)O.CCCCCN(C)C(=O)CNC(=O)NC(CN1CCCCS1=O)C(C)(C)C.CN.CO. The minimum Gasteiger partial charge on any atom is -0.481 e. The van der Waals surface area contributed by atoms with Crippen LogP contribution in [0.1, 0.15) is 133 Å². The van der Waals surface area contributed by atoms with Crippen molar-refractivity contribution in [2.75, 3.05) is 53.1 Å². The van der Waals surface area contributed by atoms with Gasteiger partial charge in [-0.25, -0.2) is 13.3 Å². The maximum Gasteiger partial charge on any atom is 0.315 e. The molecule has 12 heteroatoms. The van der Waals surface area contributed by atoms with Crippen LogP contribution in [0.3, 0.4) is 0 Å². The maximum atomic E-state index is 12.3. The zero-order valence-electron chi connectivity index (χ0n) is 32.5. The van der Waals surface area contributed by atoms with E-state index in [4.69, 9.17) is 10.2 Å². The van der Waals surface area contributed by atoms with Crippen molar-refractivity contribution >= 4 is 28.9 Å². The van der Waals surface area contributed by atoms with Crippen molar-refractivity contribution < 1.29 is 28.8 Å². The van der Waals surface area contributed by atoms with Gasteiger partial charge in [-0.3, -0.25) is 9.59 Å². The van der Waals surface area contributed by atoms with Crippen LogP contribution in [0.2, 0.25) is 0 Å². The van der Waals surface area contributed by atoms with E-state index >= 15 is 0 Å². The van der Waals surface area contributed by atoms with Crippen molar-refractivity contribution in [3.63, 3.8) is 0 Å². The third-order valence-electron chi connectivity index (χ3n) is 6.59. The Morgan fingerprint density at radius 2 is 1.47 bits per heavy atom. The molecule has 1 aliphatic rings. The summed E-state index contributed by atoms with van der Waals surface area (Å²) < 4.78 is 14.1. The molecule has 0 spiro atoms. The number of carboxylic acids is 1. The number of carbonyl (C=O) groups excluding carboxylic acids is 2. The summed E-state index contributed by atoms with van der Waals surface area (Å²) in [6.07, 6.45) is 15.0. The number of amides is 3. The van der Waals surface area contributed by atoms with E-state index in [1.807, 2.05) is 38.1 Å². The number of nitrogens with two attached hydrogens (primary N) is 1. The highest BCUT2D eigenvalue weighted by Crippen LogP contribution is 2.22. The number of aliphatic hydroxyl groups is 1. The highest BCUT2D eigenvalue weighted by molar-refractivity contribution is 7.82. The summed E-state index contributed by atoms with van der Waals surface area (Å²) in [5.74, 6) is -0.110. The van der Waals surface area contributed by atoms with Gasteiger partial charge in [-0.15, -0.1) is 0 Å². The molecule has 2 unspecified atom stereocenters. The van der Waals surface area contributed by atoms with Crippen LogP contribution >= 0.6 is 0 Å². The number of hydrogen-bond acceptors (Lipinski definition) is 6. The van der Waals surface area contributed by atoms with Crippen LogP contribution in [0, 0.1) is 5.41 Å². The van der Waals surface area contributed by atoms with Crippen LogP contribution < -0.4 is 16.4 Å². The molecule has 0 aliphatic carbocycles. The van der Waals surface area contributed by atoms with E-state index in [1.165, 1.54) is 26.3 Å². The Balaban J connectivity index is -0.000000245. The third kappa shape index (κ3) is 36.7. The number of nitrogens with one attached hydrogen (secondary N) is 2. The van der Waals surface area contributed by atoms with Gasteiger partial charge in [0.2, 0.25) is 5.91 Å². The number of unbranched alkanes of at least 4 members (excludes halogenated alkanes) is 5. The standard InChI is InChI=1S/C19H38N4O3S.C10H18O2.2C2H6.CH5N.CH4O/c1-6-7-8-11-22(5)17(24)14-20-18(25)21-16(19(2,3)4)15-23-12-9-10-13-27(23)26;1-2-3-4-5-6-7-8-9-10(11)12;4*1-2/h16H,6-15H2,1-5H3,(H2,20,21,25);6-7H,2-5,8-9H2,1H3,(H,11,12);2*1-2H3;2H2,1H3;2H,1H3/b;7-6-;;;;. The summed E-state index contributed by atoms with van der Waals surface area (Å²) in [7, 11) is 3.30. The predicted octanol–water partition coefficient (Wildman–Crippen LogP) is 6.33. The normalized spacial score (nSPS) is 14.4.